The van der Waals surface area contributed by atoms with E-state index in [-0.39, 0.29) is 17.9 Å². The Balaban J connectivity index is 0.930. The maximum atomic E-state index is 13.8. The minimum atomic E-state index is -1.18. The number of ether oxygens (including phenoxy) is 1. The van der Waals surface area contributed by atoms with E-state index in [0.717, 1.165) is 66.1 Å². The number of hydrogen-bond acceptors (Lipinski definition) is 9. The number of hydrogen-bond donors (Lipinski definition) is 3. The molecule has 0 bridgehead atoms. The van der Waals surface area contributed by atoms with E-state index in [1.54, 1.807) is 19.4 Å². The van der Waals surface area contributed by atoms with Gasteiger partial charge in [-0.25, -0.2) is 14.4 Å². The summed E-state index contributed by atoms with van der Waals surface area (Å²) in [5, 5.41) is 7.04. The van der Waals surface area contributed by atoms with Gasteiger partial charge in [0.15, 0.2) is 0 Å². The average Bonchev–Trinajstić information content (AvgIpc) is 3.53. The van der Waals surface area contributed by atoms with E-state index in [0.29, 0.717) is 62.9 Å². The molecule has 0 radical (unpaired) electrons. The molecule has 3 aliphatic rings. The molecule has 12 nitrogen and oxygen atoms in total. The van der Waals surface area contributed by atoms with Crippen molar-refractivity contribution in [2.24, 2.45) is 0 Å². The monoisotopic (exact) mass is 667 g/mol. The summed E-state index contributed by atoms with van der Waals surface area (Å²) in [6.07, 6.45) is 5.06. The lowest BCUT2D eigenvalue weighted by atomic mass is 9.98. The molecule has 3 aromatic heterocycles. The van der Waals surface area contributed by atoms with Crippen molar-refractivity contribution in [3.05, 3.63) is 78.4 Å². The van der Waals surface area contributed by atoms with E-state index in [9.17, 15) is 14.0 Å². The van der Waals surface area contributed by atoms with Gasteiger partial charge in [-0.15, -0.1) is 0 Å². The van der Waals surface area contributed by atoms with Crippen LogP contribution in [-0.4, -0.2) is 112 Å². The third-order valence-corrected chi connectivity index (χ3v) is 9.32. The highest BCUT2D eigenvalue weighted by molar-refractivity contribution is 6.03. The summed E-state index contributed by atoms with van der Waals surface area (Å²) in [5.74, 6) is 0.432. The fourth-order valence-electron chi connectivity index (χ4n) is 6.94. The number of aromatic nitrogens is 4. The van der Waals surface area contributed by atoms with Crippen LogP contribution in [0.1, 0.15) is 35.8 Å². The second-order valence-electron chi connectivity index (χ2n) is 13.5. The fourth-order valence-corrected chi connectivity index (χ4v) is 6.94. The van der Waals surface area contributed by atoms with Crippen LogP contribution in [0.4, 0.5) is 15.9 Å². The lowest BCUT2D eigenvalue weighted by Crippen LogP contribution is -2.58. The summed E-state index contributed by atoms with van der Waals surface area (Å²) in [4.78, 5) is 49.0. The maximum Gasteiger partial charge on any atom is 0.274 e. The van der Waals surface area contributed by atoms with Crippen molar-refractivity contribution in [3.63, 3.8) is 0 Å². The molecule has 0 saturated carbocycles. The largest absolute Gasteiger partial charge is 0.378 e. The van der Waals surface area contributed by atoms with Crippen LogP contribution in [0.5, 0.6) is 0 Å². The third kappa shape index (κ3) is 7.79. The smallest absolute Gasteiger partial charge is 0.274 e. The van der Waals surface area contributed by atoms with E-state index < -0.39 is 5.67 Å². The Morgan fingerprint density at radius 2 is 1.86 bits per heavy atom. The van der Waals surface area contributed by atoms with Gasteiger partial charge in [0.2, 0.25) is 5.91 Å². The Morgan fingerprint density at radius 3 is 2.63 bits per heavy atom. The van der Waals surface area contributed by atoms with Crippen LogP contribution in [-0.2, 0) is 16.1 Å². The van der Waals surface area contributed by atoms with Crippen LogP contribution in [0.25, 0.3) is 22.3 Å². The number of anilines is 2. The van der Waals surface area contributed by atoms with E-state index in [4.69, 9.17) is 4.74 Å². The standard InChI is InChI=1S/C36H42FN9O3/c1-24(18-45-21-36(2,37)22-45)34(47)42-28-4-3-11-44(20-28)19-25-9-10-38-31(16-25)35(48)41-27-7-5-26(6-8-27)30-17-29-32(43-30)39-23-40-33(29)46-12-14-49-15-13-46/h5-10,16-17,23,28H,1,3-4,11-15,18-22H2,2H3,(H,41,48)(H,42,47)(H,39,40,43)/t28-/m1/s1. The molecule has 256 valence electrons. The maximum absolute atomic E-state index is 13.8. The Morgan fingerprint density at radius 1 is 1.06 bits per heavy atom. The van der Waals surface area contributed by atoms with Crippen molar-refractivity contribution in [2.75, 3.05) is 69.2 Å². The number of alkyl halides is 1. The summed E-state index contributed by atoms with van der Waals surface area (Å²) in [5.41, 5.74) is 3.90. The molecule has 4 aromatic rings. The first-order valence-corrected chi connectivity index (χ1v) is 16.8. The second kappa shape index (κ2) is 14.0. The summed E-state index contributed by atoms with van der Waals surface area (Å²) in [6, 6.07) is 13.4. The quantitative estimate of drug-likeness (QED) is 0.216. The molecule has 3 aliphatic heterocycles. The molecule has 3 saturated heterocycles. The minimum Gasteiger partial charge on any atom is -0.378 e. The number of morpholine rings is 1. The van der Waals surface area contributed by atoms with E-state index in [1.165, 1.54) is 0 Å². The van der Waals surface area contributed by atoms with Crippen LogP contribution >= 0.6 is 0 Å². The number of nitrogens with one attached hydrogen (secondary N) is 3. The highest BCUT2D eigenvalue weighted by atomic mass is 19.1. The number of carbonyl (C=O) groups is 2. The number of H-pyrrole nitrogens is 1. The fraction of sp³-hybridized carbons (Fsp3) is 0.417. The number of pyridine rings is 1. The van der Waals surface area contributed by atoms with Crippen molar-refractivity contribution in [3.8, 4) is 11.3 Å². The van der Waals surface area contributed by atoms with Gasteiger partial charge in [0.1, 0.15) is 29.2 Å². The number of carbonyl (C=O) groups excluding carboxylic acids is 2. The number of piperidine rings is 1. The summed E-state index contributed by atoms with van der Waals surface area (Å²) >= 11 is 0. The van der Waals surface area contributed by atoms with Crippen LogP contribution in [0.15, 0.2) is 67.1 Å². The number of likely N-dealkylation sites (tertiary alicyclic amines) is 2. The van der Waals surface area contributed by atoms with Gasteiger partial charge < -0.3 is 25.3 Å². The van der Waals surface area contributed by atoms with Gasteiger partial charge in [-0.05, 0) is 67.8 Å². The van der Waals surface area contributed by atoms with Crippen molar-refractivity contribution >= 4 is 34.4 Å². The minimum absolute atomic E-state index is 0.00229. The molecule has 3 fully saturated rings. The summed E-state index contributed by atoms with van der Waals surface area (Å²) < 4.78 is 19.3. The number of halogens is 1. The van der Waals surface area contributed by atoms with Gasteiger partial charge in [0, 0.05) is 75.0 Å². The number of amides is 2. The number of fused-ring (bicyclic) bond motifs is 1. The van der Waals surface area contributed by atoms with Crippen LogP contribution in [0.2, 0.25) is 0 Å². The number of nitrogens with zero attached hydrogens (tertiary/aromatic N) is 6. The lowest BCUT2D eigenvalue weighted by molar-refractivity contribution is -0.119. The Hall–Kier alpha value is -4.72. The summed E-state index contributed by atoms with van der Waals surface area (Å²) in [7, 11) is 0. The normalized spacial score (nSPS) is 19.7. The molecule has 7 rings (SSSR count). The van der Waals surface area contributed by atoms with Gasteiger partial charge >= 0.3 is 0 Å². The van der Waals surface area contributed by atoms with Gasteiger partial charge in [0.25, 0.3) is 5.91 Å². The van der Waals surface area contributed by atoms with Gasteiger partial charge in [0.05, 0.1) is 18.6 Å². The molecule has 0 aliphatic carbocycles. The molecule has 1 aromatic carbocycles. The zero-order valence-electron chi connectivity index (χ0n) is 27.8. The highest BCUT2D eigenvalue weighted by Crippen LogP contribution is 2.30. The molecular weight excluding hydrogens is 625 g/mol. The lowest BCUT2D eigenvalue weighted by Gasteiger charge is -2.42. The van der Waals surface area contributed by atoms with Crippen molar-refractivity contribution < 1.29 is 18.7 Å². The molecule has 0 unspecified atom stereocenters. The molecule has 1 atom stereocenters. The molecule has 49 heavy (non-hydrogen) atoms. The molecule has 3 N–H and O–H groups in total. The Kier molecular flexibility index (Phi) is 9.39. The van der Waals surface area contributed by atoms with E-state index >= 15 is 0 Å². The highest BCUT2D eigenvalue weighted by Gasteiger charge is 2.39. The number of benzene rings is 1. The average molecular weight is 668 g/mol. The zero-order chi connectivity index (χ0) is 34.0. The third-order valence-electron chi connectivity index (χ3n) is 9.32. The molecule has 2 amide bonds. The van der Waals surface area contributed by atoms with Gasteiger partial charge in [-0.1, -0.05) is 18.7 Å². The number of aromatic amines is 1. The van der Waals surface area contributed by atoms with Crippen molar-refractivity contribution in [2.45, 2.75) is 38.0 Å². The second-order valence-corrected chi connectivity index (χ2v) is 13.5. The predicted molar refractivity (Wildman–Crippen MR) is 186 cm³/mol. The molecule has 6 heterocycles. The van der Waals surface area contributed by atoms with Crippen LogP contribution in [0.3, 0.4) is 0 Å². The first-order valence-electron chi connectivity index (χ1n) is 16.8. The van der Waals surface area contributed by atoms with E-state index in [2.05, 4.69) is 53.0 Å². The zero-order valence-corrected chi connectivity index (χ0v) is 27.8. The van der Waals surface area contributed by atoms with E-state index in [1.807, 2.05) is 41.3 Å². The Labute approximate surface area is 284 Å². The van der Waals surface area contributed by atoms with Crippen molar-refractivity contribution in [1.82, 2.24) is 35.1 Å². The number of rotatable bonds is 10. The molecule has 0 spiro atoms. The SMILES string of the molecule is C=C(CN1CC(C)(F)C1)C(=O)N[C@@H]1CCCN(Cc2ccnc(C(=O)Nc3ccc(-c4cc5c(N6CCOCC6)ncnc5[nH]4)cc3)c2)C1. The summed E-state index contributed by atoms with van der Waals surface area (Å²) in [6.45, 7) is 11.7. The topological polar surface area (TPSA) is 132 Å². The molecule has 13 heteroatoms. The first kappa shape index (κ1) is 32.8. The van der Waals surface area contributed by atoms with Gasteiger partial charge in [-0.3, -0.25) is 24.4 Å². The predicted octanol–water partition coefficient (Wildman–Crippen LogP) is 3.79. The Bertz CT molecular complexity index is 1830. The molecular formula is C36H42FN9O3. The first-order chi connectivity index (χ1) is 23.7. The van der Waals surface area contributed by atoms with Crippen LogP contribution in [0, 0.1) is 0 Å². The van der Waals surface area contributed by atoms with Crippen LogP contribution < -0.4 is 15.5 Å². The van der Waals surface area contributed by atoms with Crippen molar-refractivity contribution in [1.29, 1.82) is 0 Å². The van der Waals surface area contributed by atoms with Gasteiger partial charge in [-0.2, -0.15) is 0 Å².